The molecule has 5 heteroatoms. The van der Waals surface area contributed by atoms with Gasteiger partial charge in [-0.25, -0.2) is 12.8 Å². The highest BCUT2D eigenvalue weighted by molar-refractivity contribution is 7.90. The lowest BCUT2D eigenvalue weighted by Gasteiger charge is -2.18. The minimum atomic E-state index is -3.31. The Labute approximate surface area is 120 Å². The first-order valence-corrected chi connectivity index (χ1v) is 9.01. The summed E-state index contributed by atoms with van der Waals surface area (Å²) >= 11 is 0. The molecule has 1 aliphatic carbocycles. The van der Waals surface area contributed by atoms with E-state index in [2.05, 4.69) is 12.2 Å². The van der Waals surface area contributed by atoms with Gasteiger partial charge in [0, 0.05) is 12.3 Å². The molecule has 1 N–H and O–H groups in total. The van der Waals surface area contributed by atoms with E-state index in [0.29, 0.717) is 11.6 Å². The highest BCUT2D eigenvalue weighted by Gasteiger charge is 2.18. The van der Waals surface area contributed by atoms with Crippen molar-refractivity contribution in [2.24, 2.45) is 5.92 Å². The number of hydrogen-bond acceptors (Lipinski definition) is 3. The fourth-order valence-electron chi connectivity index (χ4n) is 2.70. The molecular weight excluding hydrogens is 277 g/mol. The predicted molar refractivity (Wildman–Crippen MR) is 79.2 cm³/mol. The van der Waals surface area contributed by atoms with E-state index in [1.807, 2.05) is 0 Å². The van der Waals surface area contributed by atoms with Crippen molar-refractivity contribution >= 4 is 15.5 Å². The number of hydrogen-bond donors (Lipinski definition) is 1. The fourth-order valence-corrected chi connectivity index (χ4v) is 3.34. The van der Waals surface area contributed by atoms with Crippen LogP contribution < -0.4 is 5.32 Å². The minimum absolute atomic E-state index is 0.156. The first-order chi connectivity index (χ1) is 9.36. The van der Waals surface area contributed by atoms with Crippen molar-refractivity contribution in [2.75, 3.05) is 11.6 Å². The Hall–Kier alpha value is -1.10. The zero-order valence-corrected chi connectivity index (χ0v) is 12.8. The van der Waals surface area contributed by atoms with Crippen LogP contribution in [0, 0.1) is 11.7 Å². The van der Waals surface area contributed by atoms with Crippen LogP contribution in [0.15, 0.2) is 23.1 Å². The standard InChI is InChI=1S/C15H22FNO2S/c1-11-4-3-5-12(7-6-11)17-15-10-13(20(2,18)19)8-9-14(15)16/h8-12,17H,3-7H2,1-2H3. The molecule has 0 aliphatic heterocycles. The van der Waals surface area contributed by atoms with Crippen LogP contribution in [0.4, 0.5) is 10.1 Å². The molecule has 1 aliphatic rings. The normalized spacial score (nSPS) is 24.1. The molecule has 1 saturated carbocycles. The number of halogens is 1. The first-order valence-electron chi connectivity index (χ1n) is 7.12. The zero-order valence-electron chi connectivity index (χ0n) is 12.0. The van der Waals surface area contributed by atoms with Gasteiger partial charge in [-0.15, -0.1) is 0 Å². The fraction of sp³-hybridized carbons (Fsp3) is 0.600. The van der Waals surface area contributed by atoms with Gasteiger partial charge in [0.15, 0.2) is 9.84 Å². The highest BCUT2D eigenvalue weighted by atomic mass is 32.2. The van der Waals surface area contributed by atoms with Crippen LogP contribution in [0.25, 0.3) is 0 Å². The molecular formula is C15H22FNO2S. The van der Waals surface area contributed by atoms with E-state index in [1.165, 1.54) is 24.6 Å². The molecule has 3 nitrogen and oxygen atoms in total. The quantitative estimate of drug-likeness (QED) is 0.685. The first kappa shape index (κ1) is 15.3. The molecule has 1 aromatic rings. The van der Waals surface area contributed by atoms with Crippen LogP contribution in [0.5, 0.6) is 0 Å². The summed E-state index contributed by atoms with van der Waals surface area (Å²) in [5.74, 6) is 0.323. The molecule has 0 aromatic heterocycles. The van der Waals surface area contributed by atoms with Gasteiger partial charge in [0.2, 0.25) is 0 Å². The Balaban J connectivity index is 2.16. The average molecular weight is 299 g/mol. The molecule has 20 heavy (non-hydrogen) atoms. The molecule has 0 radical (unpaired) electrons. The van der Waals surface area contributed by atoms with Gasteiger partial charge in [-0.3, -0.25) is 0 Å². The monoisotopic (exact) mass is 299 g/mol. The molecule has 0 spiro atoms. The van der Waals surface area contributed by atoms with Crippen LogP contribution >= 0.6 is 0 Å². The van der Waals surface area contributed by atoms with Crippen LogP contribution in [0.3, 0.4) is 0 Å². The summed E-state index contributed by atoms with van der Waals surface area (Å²) in [6.45, 7) is 2.24. The maximum Gasteiger partial charge on any atom is 0.175 e. The summed E-state index contributed by atoms with van der Waals surface area (Å²) in [6.07, 6.45) is 6.62. The Morgan fingerprint density at radius 2 is 1.95 bits per heavy atom. The summed E-state index contributed by atoms with van der Waals surface area (Å²) in [5, 5.41) is 3.18. The lowest BCUT2D eigenvalue weighted by Crippen LogP contribution is -2.19. The van der Waals surface area contributed by atoms with E-state index in [0.717, 1.165) is 31.9 Å². The summed E-state index contributed by atoms with van der Waals surface area (Å²) in [5.41, 5.74) is 0.299. The minimum Gasteiger partial charge on any atom is -0.380 e. The van der Waals surface area contributed by atoms with E-state index in [4.69, 9.17) is 0 Å². The molecule has 0 bridgehead atoms. The Morgan fingerprint density at radius 1 is 1.20 bits per heavy atom. The second-order valence-corrected chi connectivity index (χ2v) is 7.88. The summed E-state index contributed by atoms with van der Waals surface area (Å²) in [6, 6.07) is 4.16. The SMILES string of the molecule is CC1CCCC(Nc2cc(S(C)(=O)=O)ccc2F)CC1. The molecule has 0 saturated heterocycles. The van der Waals surface area contributed by atoms with Crippen molar-refractivity contribution in [1.29, 1.82) is 0 Å². The molecule has 1 aromatic carbocycles. The van der Waals surface area contributed by atoms with Crippen molar-refractivity contribution in [3.05, 3.63) is 24.0 Å². The molecule has 0 amide bonds. The Morgan fingerprint density at radius 3 is 2.65 bits per heavy atom. The number of benzene rings is 1. The van der Waals surface area contributed by atoms with Crippen molar-refractivity contribution < 1.29 is 12.8 Å². The van der Waals surface area contributed by atoms with Gasteiger partial charge in [-0.2, -0.15) is 0 Å². The molecule has 1 fully saturated rings. The average Bonchev–Trinajstić information content (AvgIpc) is 2.56. The predicted octanol–water partition coefficient (Wildman–Crippen LogP) is 3.61. The molecule has 112 valence electrons. The van der Waals surface area contributed by atoms with E-state index < -0.39 is 15.7 Å². The van der Waals surface area contributed by atoms with Crippen LogP contribution in [0.2, 0.25) is 0 Å². The Bertz CT molecular complexity index is 571. The van der Waals surface area contributed by atoms with Gasteiger partial charge in [0.05, 0.1) is 10.6 Å². The maximum absolute atomic E-state index is 13.8. The highest BCUT2D eigenvalue weighted by Crippen LogP contribution is 2.27. The van der Waals surface area contributed by atoms with Gasteiger partial charge < -0.3 is 5.32 Å². The number of sulfone groups is 1. The van der Waals surface area contributed by atoms with Crippen molar-refractivity contribution in [2.45, 2.75) is 50.0 Å². The smallest absolute Gasteiger partial charge is 0.175 e. The topological polar surface area (TPSA) is 46.2 Å². The number of nitrogens with one attached hydrogen (secondary N) is 1. The third-order valence-electron chi connectivity index (χ3n) is 3.98. The summed E-state index contributed by atoms with van der Waals surface area (Å²) in [4.78, 5) is 0.156. The van der Waals surface area contributed by atoms with Crippen LogP contribution in [-0.2, 0) is 9.84 Å². The van der Waals surface area contributed by atoms with Gasteiger partial charge in [-0.1, -0.05) is 19.8 Å². The Kier molecular flexibility index (Phi) is 4.68. The molecule has 0 heterocycles. The third-order valence-corrected chi connectivity index (χ3v) is 5.09. The second kappa shape index (κ2) is 6.12. The third kappa shape index (κ3) is 3.95. The van der Waals surface area contributed by atoms with Gasteiger partial charge in [0.1, 0.15) is 5.82 Å². The van der Waals surface area contributed by atoms with Gasteiger partial charge in [-0.05, 0) is 43.4 Å². The zero-order chi connectivity index (χ0) is 14.8. The summed E-state index contributed by atoms with van der Waals surface area (Å²) in [7, 11) is -3.31. The lowest BCUT2D eigenvalue weighted by atomic mass is 10.0. The largest absolute Gasteiger partial charge is 0.380 e. The maximum atomic E-state index is 13.8. The van der Waals surface area contributed by atoms with Gasteiger partial charge >= 0.3 is 0 Å². The second-order valence-electron chi connectivity index (χ2n) is 5.87. The molecule has 2 atom stereocenters. The number of rotatable bonds is 3. The lowest BCUT2D eigenvalue weighted by molar-refractivity contribution is 0.501. The van der Waals surface area contributed by atoms with Gasteiger partial charge in [0.25, 0.3) is 0 Å². The van der Waals surface area contributed by atoms with E-state index in [-0.39, 0.29) is 10.9 Å². The van der Waals surface area contributed by atoms with E-state index in [9.17, 15) is 12.8 Å². The van der Waals surface area contributed by atoms with Crippen LogP contribution in [0.1, 0.15) is 39.0 Å². The van der Waals surface area contributed by atoms with E-state index >= 15 is 0 Å². The molecule has 2 rings (SSSR count). The van der Waals surface area contributed by atoms with Crippen LogP contribution in [-0.4, -0.2) is 20.7 Å². The number of anilines is 1. The van der Waals surface area contributed by atoms with Crippen molar-refractivity contribution in [3.63, 3.8) is 0 Å². The molecule has 2 unspecified atom stereocenters. The van der Waals surface area contributed by atoms with Crippen molar-refractivity contribution in [3.8, 4) is 0 Å². The summed E-state index contributed by atoms with van der Waals surface area (Å²) < 4.78 is 36.9. The van der Waals surface area contributed by atoms with Crippen molar-refractivity contribution in [1.82, 2.24) is 0 Å². The van der Waals surface area contributed by atoms with E-state index in [1.54, 1.807) is 0 Å².